The second-order valence-corrected chi connectivity index (χ2v) is 4.95. The van der Waals surface area contributed by atoms with Crippen LogP contribution in [0, 0.1) is 0 Å². The molecule has 0 aliphatic heterocycles. The Labute approximate surface area is 96.7 Å². The molecule has 0 fully saturated rings. The summed E-state index contributed by atoms with van der Waals surface area (Å²) in [5, 5.41) is 12.4. The Morgan fingerprint density at radius 1 is 1.06 bits per heavy atom. The minimum Gasteiger partial charge on any atom is -0.508 e. The SMILES string of the molecule is CCC(C)(C)c1cc2ccccc2cc1O. The molecule has 0 heterocycles. The van der Waals surface area contributed by atoms with Gasteiger partial charge in [-0.15, -0.1) is 0 Å². The maximum atomic E-state index is 10.1. The van der Waals surface area contributed by atoms with Crippen LogP contribution in [-0.2, 0) is 5.41 Å². The molecule has 16 heavy (non-hydrogen) atoms. The van der Waals surface area contributed by atoms with E-state index in [0.29, 0.717) is 5.75 Å². The predicted octanol–water partition coefficient (Wildman–Crippen LogP) is 4.23. The van der Waals surface area contributed by atoms with Crippen LogP contribution < -0.4 is 0 Å². The third-order valence-corrected chi connectivity index (χ3v) is 3.48. The molecule has 0 aliphatic rings. The summed E-state index contributed by atoms with van der Waals surface area (Å²) in [7, 11) is 0. The number of phenolic OH excluding ortho intramolecular Hbond substituents is 1. The van der Waals surface area contributed by atoms with Gasteiger partial charge in [0.25, 0.3) is 0 Å². The Morgan fingerprint density at radius 3 is 2.19 bits per heavy atom. The molecule has 2 aromatic carbocycles. The van der Waals surface area contributed by atoms with Gasteiger partial charge in [0.15, 0.2) is 0 Å². The molecule has 84 valence electrons. The van der Waals surface area contributed by atoms with Gasteiger partial charge in [-0.3, -0.25) is 0 Å². The highest BCUT2D eigenvalue weighted by Crippen LogP contribution is 2.36. The predicted molar refractivity (Wildman–Crippen MR) is 68.9 cm³/mol. The highest BCUT2D eigenvalue weighted by molar-refractivity contribution is 5.85. The van der Waals surface area contributed by atoms with Crippen LogP contribution in [0.1, 0.15) is 32.8 Å². The van der Waals surface area contributed by atoms with Crippen LogP contribution in [0.5, 0.6) is 5.75 Å². The molecule has 0 radical (unpaired) electrons. The molecule has 1 heteroatoms. The fourth-order valence-electron chi connectivity index (χ4n) is 1.96. The fraction of sp³-hybridized carbons (Fsp3) is 0.333. The van der Waals surface area contributed by atoms with Crippen molar-refractivity contribution in [3.05, 3.63) is 42.0 Å². The van der Waals surface area contributed by atoms with Gasteiger partial charge in [-0.25, -0.2) is 0 Å². The van der Waals surface area contributed by atoms with Gasteiger partial charge >= 0.3 is 0 Å². The van der Waals surface area contributed by atoms with Crippen molar-refractivity contribution in [3.8, 4) is 5.75 Å². The Hall–Kier alpha value is -1.50. The maximum absolute atomic E-state index is 10.1. The van der Waals surface area contributed by atoms with E-state index in [1.807, 2.05) is 24.3 Å². The first-order chi connectivity index (χ1) is 7.54. The summed E-state index contributed by atoms with van der Waals surface area (Å²) in [6, 6.07) is 12.1. The van der Waals surface area contributed by atoms with E-state index in [9.17, 15) is 5.11 Å². The topological polar surface area (TPSA) is 20.2 Å². The van der Waals surface area contributed by atoms with Crippen molar-refractivity contribution >= 4 is 10.8 Å². The third kappa shape index (κ3) is 1.78. The van der Waals surface area contributed by atoms with Crippen molar-refractivity contribution in [2.75, 3.05) is 0 Å². The van der Waals surface area contributed by atoms with Crippen LogP contribution in [0.2, 0.25) is 0 Å². The molecule has 1 nitrogen and oxygen atoms in total. The van der Waals surface area contributed by atoms with Gasteiger partial charge < -0.3 is 5.11 Å². The van der Waals surface area contributed by atoms with E-state index in [1.165, 1.54) is 5.39 Å². The van der Waals surface area contributed by atoms with Gasteiger partial charge in [-0.1, -0.05) is 45.0 Å². The summed E-state index contributed by atoms with van der Waals surface area (Å²) >= 11 is 0. The zero-order chi connectivity index (χ0) is 11.8. The van der Waals surface area contributed by atoms with Gasteiger partial charge in [0.2, 0.25) is 0 Å². The van der Waals surface area contributed by atoms with E-state index in [0.717, 1.165) is 17.4 Å². The smallest absolute Gasteiger partial charge is 0.119 e. The van der Waals surface area contributed by atoms with Crippen LogP contribution in [0.15, 0.2) is 36.4 Å². The monoisotopic (exact) mass is 214 g/mol. The molecule has 2 rings (SSSR count). The lowest BCUT2D eigenvalue weighted by atomic mass is 9.81. The molecule has 2 aromatic rings. The van der Waals surface area contributed by atoms with Crippen molar-refractivity contribution in [2.24, 2.45) is 0 Å². The first-order valence-electron chi connectivity index (χ1n) is 5.77. The number of hydrogen-bond donors (Lipinski definition) is 1. The lowest BCUT2D eigenvalue weighted by molar-refractivity contribution is 0.430. The first-order valence-corrected chi connectivity index (χ1v) is 5.77. The Morgan fingerprint density at radius 2 is 1.62 bits per heavy atom. The zero-order valence-electron chi connectivity index (χ0n) is 10.1. The molecule has 0 saturated carbocycles. The summed E-state index contributed by atoms with van der Waals surface area (Å²) in [5.41, 5.74) is 1.06. The lowest BCUT2D eigenvalue weighted by Gasteiger charge is -2.24. The van der Waals surface area contributed by atoms with E-state index in [2.05, 4.69) is 32.9 Å². The average Bonchev–Trinajstić information content (AvgIpc) is 2.28. The number of aromatic hydroxyl groups is 1. The van der Waals surface area contributed by atoms with Crippen molar-refractivity contribution in [2.45, 2.75) is 32.6 Å². The van der Waals surface area contributed by atoms with Crippen LogP contribution in [0.25, 0.3) is 10.8 Å². The fourth-order valence-corrected chi connectivity index (χ4v) is 1.96. The molecule has 0 saturated heterocycles. The van der Waals surface area contributed by atoms with E-state index in [-0.39, 0.29) is 5.41 Å². The summed E-state index contributed by atoms with van der Waals surface area (Å²) in [5.74, 6) is 0.408. The minimum atomic E-state index is 0.0219. The molecule has 0 aromatic heterocycles. The second-order valence-electron chi connectivity index (χ2n) is 4.95. The molecule has 0 unspecified atom stereocenters. The van der Waals surface area contributed by atoms with Crippen LogP contribution in [0.3, 0.4) is 0 Å². The number of benzene rings is 2. The average molecular weight is 214 g/mol. The number of rotatable bonds is 2. The lowest BCUT2D eigenvalue weighted by Crippen LogP contribution is -2.15. The second kappa shape index (κ2) is 3.82. The molecular formula is C15H18O. The molecular weight excluding hydrogens is 196 g/mol. The van der Waals surface area contributed by atoms with Gasteiger partial charge in [0.1, 0.15) is 5.75 Å². The Balaban J connectivity index is 2.67. The highest BCUT2D eigenvalue weighted by Gasteiger charge is 2.21. The largest absolute Gasteiger partial charge is 0.508 e. The van der Waals surface area contributed by atoms with E-state index in [4.69, 9.17) is 0 Å². The van der Waals surface area contributed by atoms with Gasteiger partial charge in [0.05, 0.1) is 0 Å². The first kappa shape index (κ1) is 11.0. The number of fused-ring (bicyclic) bond motifs is 1. The molecule has 0 bridgehead atoms. The van der Waals surface area contributed by atoms with Crippen molar-refractivity contribution in [3.63, 3.8) is 0 Å². The van der Waals surface area contributed by atoms with Gasteiger partial charge in [0, 0.05) is 5.56 Å². The van der Waals surface area contributed by atoms with Gasteiger partial charge in [-0.2, -0.15) is 0 Å². The van der Waals surface area contributed by atoms with Crippen LogP contribution >= 0.6 is 0 Å². The Bertz CT molecular complexity index is 512. The summed E-state index contributed by atoms with van der Waals surface area (Å²) in [6.45, 7) is 6.47. The zero-order valence-corrected chi connectivity index (χ0v) is 10.1. The van der Waals surface area contributed by atoms with Crippen molar-refractivity contribution in [1.29, 1.82) is 0 Å². The van der Waals surface area contributed by atoms with E-state index < -0.39 is 0 Å². The van der Waals surface area contributed by atoms with Gasteiger partial charge in [-0.05, 0) is 34.7 Å². The summed E-state index contributed by atoms with van der Waals surface area (Å²) in [4.78, 5) is 0. The molecule has 1 N–H and O–H groups in total. The van der Waals surface area contributed by atoms with Crippen LogP contribution in [0.4, 0.5) is 0 Å². The van der Waals surface area contributed by atoms with Crippen molar-refractivity contribution in [1.82, 2.24) is 0 Å². The van der Waals surface area contributed by atoms with E-state index >= 15 is 0 Å². The quantitative estimate of drug-likeness (QED) is 0.793. The molecule has 0 spiro atoms. The summed E-state index contributed by atoms with van der Waals surface area (Å²) in [6.07, 6.45) is 1.01. The molecule has 0 atom stereocenters. The Kier molecular flexibility index (Phi) is 2.63. The maximum Gasteiger partial charge on any atom is 0.119 e. The van der Waals surface area contributed by atoms with Crippen molar-refractivity contribution < 1.29 is 5.11 Å². The third-order valence-electron chi connectivity index (χ3n) is 3.48. The highest BCUT2D eigenvalue weighted by atomic mass is 16.3. The van der Waals surface area contributed by atoms with Crippen LogP contribution in [-0.4, -0.2) is 5.11 Å². The number of hydrogen-bond acceptors (Lipinski definition) is 1. The molecule has 0 amide bonds. The minimum absolute atomic E-state index is 0.0219. The number of phenols is 1. The normalized spacial score (nSPS) is 11.9. The summed E-state index contributed by atoms with van der Waals surface area (Å²) < 4.78 is 0. The standard InChI is InChI=1S/C15H18O/c1-4-15(2,3)13-9-11-7-5-6-8-12(11)10-14(13)16/h5-10,16H,4H2,1-3H3. The molecule has 0 aliphatic carbocycles. The van der Waals surface area contributed by atoms with E-state index in [1.54, 1.807) is 0 Å².